The first-order valence-corrected chi connectivity index (χ1v) is 8.42. The molecule has 26 heavy (non-hydrogen) atoms. The number of nitrogens with zero attached hydrogens (tertiary/aromatic N) is 2. The molecule has 0 spiro atoms. The summed E-state index contributed by atoms with van der Waals surface area (Å²) in [6, 6.07) is 15.1. The smallest absolute Gasteiger partial charge is 0.344 e. The summed E-state index contributed by atoms with van der Waals surface area (Å²) in [5, 5.41) is 4.54. The van der Waals surface area contributed by atoms with Crippen LogP contribution in [0.5, 0.6) is 5.88 Å². The summed E-state index contributed by atoms with van der Waals surface area (Å²) in [6.45, 7) is 6.36. The normalized spacial score (nSPS) is 10.8. The van der Waals surface area contributed by atoms with Gasteiger partial charge in [-0.1, -0.05) is 35.4 Å². The molecule has 5 heteroatoms. The minimum absolute atomic E-state index is 0.340. The molecule has 0 atom stereocenters. The highest BCUT2D eigenvalue weighted by Gasteiger charge is 2.17. The van der Waals surface area contributed by atoms with Gasteiger partial charge in [-0.3, -0.25) is 0 Å². The van der Waals surface area contributed by atoms with Crippen LogP contribution >= 0.6 is 0 Å². The Labute approximate surface area is 153 Å². The molecule has 1 heterocycles. The maximum Gasteiger partial charge on any atom is 0.344 e. The van der Waals surface area contributed by atoms with Crippen molar-refractivity contribution in [2.75, 3.05) is 7.11 Å². The van der Waals surface area contributed by atoms with E-state index >= 15 is 0 Å². The lowest BCUT2D eigenvalue weighted by Crippen LogP contribution is -2.12. The molecule has 0 aliphatic rings. The Kier molecular flexibility index (Phi) is 5.19. The van der Waals surface area contributed by atoms with E-state index in [1.807, 2.05) is 45.0 Å². The first kappa shape index (κ1) is 17.9. The van der Waals surface area contributed by atoms with Crippen molar-refractivity contribution in [3.63, 3.8) is 0 Å². The fourth-order valence-corrected chi connectivity index (χ4v) is 2.76. The van der Waals surface area contributed by atoms with Gasteiger partial charge in [0.25, 0.3) is 0 Å². The molecule has 0 saturated heterocycles. The van der Waals surface area contributed by atoms with Crippen molar-refractivity contribution < 1.29 is 14.3 Å². The zero-order chi connectivity index (χ0) is 18.7. The van der Waals surface area contributed by atoms with Crippen molar-refractivity contribution in [1.82, 2.24) is 9.78 Å². The van der Waals surface area contributed by atoms with Gasteiger partial charge < -0.3 is 9.47 Å². The van der Waals surface area contributed by atoms with E-state index in [1.54, 1.807) is 30.0 Å². The zero-order valence-electron chi connectivity index (χ0n) is 15.4. The Hall–Kier alpha value is -2.92. The van der Waals surface area contributed by atoms with Crippen LogP contribution < -0.4 is 4.74 Å². The average Bonchev–Trinajstić information content (AvgIpc) is 2.98. The van der Waals surface area contributed by atoms with Crippen LogP contribution in [0.1, 0.15) is 32.7 Å². The molecule has 5 nitrogen and oxygen atoms in total. The van der Waals surface area contributed by atoms with Crippen LogP contribution in [0.3, 0.4) is 0 Å². The fraction of sp³-hybridized carbons (Fsp3) is 0.238. The first-order chi connectivity index (χ1) is 12.5. The van der Waals surface area contributed by atoms with Crippen LogP contribution in [-0.4, -0.2) is 22.9 Å². The summed E-state index contributed by atoms with van der Waals surface area (Å²) in [6.07, 6.45) is 0. The predicted molar refractivity (Wildman–Crippen MR) is 99.9 cm³/mol. The number of rotatable bonds is 5. The highest BCUT2D eigenvalue weighted by molar-refractivity contribution is 5.91. The monoisotopic (exact) mass is 350 g/mol. The zero-order valence-corrected chi connectivity index (χ0v) is 15.4. The van der Waals surface area contributed by atoms with Crippen LogP contribution in [0.25, 0.3) is 5.69 Å². The minimum atomic E-state index is -0.417. The second kappa shape index (κ2) is 7.54. The minimum Gasteiger partial charge on any atom is -0.404 e. The van der Waals surface area contributed by atoms with Gasteiger partial charge in [-0.15, -0.1) is 0 Å². The molecule has 0 fully saturated rings. The summed E-state index contributed by atoms with van der Waals surface area (Å²) in [5.74, 6) is -0.0468. The first-order valence-electron chi connectivity index (χ1n) is 8.42. The summed E-state index contributed by atoms with van der Waals surface area (Å²) >= 11 is 0. The van der Waals surface area contributed by atoms with Gasteiger partial charge in [-0.25, -0.2) is 4.79 Å². The van der Waals surface area contributed by atoms with Crippen molar-refractivity contribution >= 4 is 5.97 Å². The van der Waals surface area contributed by atoms with Crippen LogP contribution in [0.15, 0.2) is 48.5 Å². The van der Waals surface area contributed by atoms with E-state index in [0.29, 0.717) is 23.7 Å². The Balaban J connectivity index is 1.97. The van der Waals surface area contributed by atoms with Crippen LogP contribution in [0.2, 0.25) is 0 Å². The van der Waals surface area contributed by atoms with Crippen molar-refractivity contribution in [2.45, 2.75) is 27.4 Å². The molecule has 0 aliphatic heterocycles. The van der Waals surface area contributed by atoms with E-state index in [9.17, 15) is 4.79 Å². The van der Waals surface area contributed by atoms with Gasteiger partial charge in [0, 0.05) is 13.2 Å². The van der Waals surface area contributed by atoms with Crippen molar-refractivity contribution in [3.05, 3.63) is 76.5 Å². The summed E-state index contributed by atoms with van der Waals surface area (Å²) in [4.78, 5) is 12.5. The maximum atomic E-state index is 12.5. The number of aryl methyl sites for hydroxylation is 3. The van der Waals surface area contributed by atoms with Crippen molar-refractivity contribution in [3.8, 4) is 11.6 Å². The van der Waals surface area contributed by atoms with Gasteiger partial charge in [0.15, 0.2) is 0 Å². The van der Waals surface area contributed by atoms with Gasteiger partial charge in [0.1, 0.15) is 0 Å². The second-order valence-electron chi connectivity index (χ2n) is 6.36. The Morgan fingerprint density at radius 1 is 1.00 bits per heavy atom. The third kappa shape index (κ3) is 3.83. The molecule has 1 aromatic heterocycles. The molecule has 0 radical (unpaired) electrons. The summed E-state index contributed by atoms with van der Waals surface area (Å²) in [5.41, 5.74) is 5.35. The second-order valence-corrected chi connectivity index (χ2v) is 6.36. The third-order valence-corrected chi connectivity index (χ3v) is 4.08. The van der Waals surface area contributed by atoms with Crippen LogP contribution in [-0.2, 0) is 11.3 Å². The number of ether oxygens (including phenoxy) is 2. The van der Waals surface area contributed by atoms with Gasteiger partial charge in [-0.05, 0) is 44.5 Å². The summed E-state index contributed by atoms with van der Waals surface area (Å²) < 4.78 is 12.5. The number of carbonyl (C=O) groups excluding carboxylic acids is 1. The predicted octanol–water partition coefficient (Wildman–Crippen LogP) is 4.16. The van der Waals surface area contributed by atoms with Crippen LogP contribution in [0.4, 0.5) is 0 Å². The highest BCUT2D eigenvalue weighted by atomic mass is 16.5. The molecule has 0 saturated carbocycles. The van der Waals surface area contributed by atoms with Gasteiger partial charge in [0.2, 0.25) is 5.88 Å². The van der Waals surface area contributed by atoms with Crippen molar-refractivity contribution in [1.29, 1.82) is 0 Å². The van der Waals surface area contributed by atoms with E-state index in [2.05, 4.69) is 11.2 Å². The number of hydrogen-bond acceptors (Lipinski definition) is 4. The largest absolute Gasteiger partial charge is 0.404 e. The summed E-state index contributed by atoms with van der Waals surface area (Å²) in [7, 11) is 1.61. The van der Waals surface area contributed by atoms with Crippen LogP contribution in [0, 0.1) is 20.8 Å². The number of aromatic nitrogens is 2. The average molecular weight is 350 g/mol. The number of methoxy groups -OCH3 is 1. The lowest BCUT2D eigenvalue weighted by atomic mass is 10.1. The lowest BCUT2D eigenvalue weighted by Gasteiger charge is -2.11. The Bertz CT molecular complexity index is 927. The van der Waals surface area contributed by atoms with Gasteiger partial charge >= 0.3 is 5.97 Å². The molecule has 0 aliphatic carbocycles. The molecule has 3 rings (SSSR count). The molecular weight excluding hydrogens is 328 g/mol. The Morgan fingerprint density at radius 2 is 1.69 bits per heavy atom. The molecule has 0 bridgehead atoms. The quantitative estimate of drug-likeness (QED) is 0.648. The van der Waals surface area contributed by atoms with E-state index in [1.165, 1.54) is 0 Å². The molecule has 0 unspecified atom stereocenters. The SMILES string of the molecule is COCc1cc(OC(=O)c2ccc(C)cc2)n(-c2ccc(C)cc2C)n1. The topological polar surface area (TPSA) is 53.4 Å². The van der Waals surface area contributed by atoms with E-state index in [4.69, 9.17) is 9.47 Å². The van der Waals surface area contributed by atoms with Gasteiger partial charge in [0.05, 0.1) is 23.6 Å². The van der Waals surface area contributed by atoms with E-state index < -0.39 is 5.97 Å². The highest BCUT2D eigenvalue weighted by Crippen LogP contribution is 2.24. The molecule has 0 amide bonds. The molecule has 134 valence electrons. The molecule has 0 N–H and O–H groups in total. The molecular formula is C21H22N2O3. The third-order valence-electron chi connectivity index (χ3n) is 4.08. The number of benzene rings is 2. The molecule has 3 aromatic rings. The number of esters is 1. The standard InChI is InChI=1S/C21H22N2O3/c1-14-5-8-17(9-6-14)21(24)26-20-12-18(13-25-4)22-23(20)19-10-7-15(2)11-16(19)3/h5-12H,13H2,1-4H3. The lowest BCUT2D eigenvalue weighted by molar-refractivity contribution is 0.0723. The maximum absolute atomic E-state index is 12.5. The number of carbonyl (C=O) groups is 1. The number of hydrogen-bond donors (Lipinski definition) is 0. The molecule has 2 aromatic carbocycles. The van der Waals surface area contributed by atoms with Crippen molar-refractivity contribution in [2.24, 2.45) is 0 Å². The Morgan fingerprint density at radius 3 is 2.35 bits per heavy atom. The van der Waals surface area contributed by atoms with E-state index in [-0.39, 0.29) is 0 Å². The van der Waals surface area contributed by atoms with E-state index in [0.717, 1.165) is 22.4 Å². The van der Waals surface area contributed by atoms with Gasteiger partial charge in [-0.2, -0.15) is 9.78 Å². The fourth-order valence-electron chi connectivity index (χ4n) is 2.76.